The molecule has 3 aromatic carbocycles. The molecule has 2 aliphatic rings. The van der Waals surface area contributed by atoms with Crippen LogP contribution < -0.4 is 9.64 Å². The molecule has 1 N–H and O–H groups in total. The quantitative estimate of drug-likeness (QED) is 0.124. The molecule has 0 aromatic heterocycles. The third-order valence-electron chi connectivity index (χ3n) is 9.74. The number of esters is 3. The van der Waals surface area contributed by atoms with Gasteiger partial charge in [0.25, 0.3) is 0 Å². The first kappa shape index (κ1) is 38.9. The highest BCUT2D eigenvalue weighted by Crippen LogP contribution is 2.46. The van der Waals surface area contributed by atoms with E-state index in [1.165, 1.54) is 26.0 Å². The number of benzene rings is 3. The van der Waals surface area contributed by atoms with E-state index in [-0.39, 0.29) is 43.3 Å². The van der Waals surface area contributed by atoms with Gasteiger partial charge in [0.1, 0.15) is 30.4 Å². The van der Waals surface area contributed by atoms with Crippen molar-refractivity contribution in [1.82, 2.24) is 0 Å². The number of carboxylic acid groups (broad SMARTS) is 1. The fourth-order valence-corrected chi connectivity index (χ4v) is 7.19. The van der Waals surface area contributed by atoms with E-state index in [2.05, 4.69) is 0 Å². The van der Waals surface area contributed by atoms with Gasteiger partial charge in [-0.3, -0.25) is 24.0 Å². The molecule has 0 spiro atoms. The minimum Gasteiger partial charge on any atom is -0.497 e. The molecular weight excluding hydrogens is 689 g/mol. The van der Waals surface area contributed by atoms with Crippen LogP contribution in [-0.4, -0.2) is 73.5 Å². The van der Waals surface area contributed by atoms with E-state index in [0.29, 0.717) is 29.8 Å². The lowest BCUT2D eigenvalue weighted by atomic mass is 9.77. The van der Waals surface area contributed by atoms with Crippen molar-refractivity contribution in [3.8, 4) is 5.75 Å². The molecule has 0 saturated carbocycles. The first-order chi connectivity index (χ1) is 25.4. The predicted molar refractivity (Wildman–Crippen MR) is 188 cm³/mol. The number of ether oxygens (including phenoxy) is 5. The minimum atomic E-state index is -1.22. The molecule has 12 nitrogen and oxygen atoms in total. The maximum absolute atomic E-state index is 13.6. The first-order valence-corrected chi connectivity index (χ1v) is 17.5. The van der Waals surface area contributed by atoms with E-state index in [4.69, 9.17) is 23.7 Å². The third kappa shape index (κ3) is 9.58. The second kappa shape index (κ2) is 17.5. The number of carboxylic acids is 1. The van der Waals surface area contributed by atoms with Gasteiger partial charge in [0, 0.05) is 32.4 Å². The zero-order valence-electron chi connectivity index (χ0n) is 30.1. The number of halogens is 1. The smallest absolute Gasteiger partial charge is 0.307 e. The summed E-state index contributed by atoms with van der Waals surface area (Å²) in [6.07, 6.45) is -1.36. The molecule has 3 aromatic rings. The second-order valence-corrected chi connectivity index (χ2v) is 13.4. The van der Waals surface area contributed by atoms with Crippen molar-refractivity contribution < 1.29 is 57.2 Å². The van der Waals surface area contributed by atoms with Gasteiger partial charge in [-0.2, -0.15) is 0 Å². The largest absolute Gasteiger partial charge is 0.497 e. The van der Waals surface area contributed by atoms with E-state index in [1.54, 1.807) is 36.3 Å². The van der Waals surface area contributed by atoms with E-state index < -0.39 is 54.0 Å². The highest BCUT2D eigenvalue weighted by Gasteiger charge is 2.50. The number of β-lactam (4-membered cyclic amide) rings is 1. The molecule has 0 aliphatic carbocycles. The van der Waals surface area contributed by atoms with Gasteiger partial charge in [0.05, 0.1) is 31.6 Å². The van der Waals surface area contributed by atoms with Crippen molar-refractivity contribution in [2.45, 2.75) is 70.8 Å². The molecule has 282 valence electrons. The van der Waals surface area contributed by atoms with E-state index in [0.717, 1.165) is 24.5 Å². The van der Waals surface area contributed by atoms with Crippen molar-refractivity contribution in [2.24, 2.45) is 17.8 Å². The molecular formula is C40H44FNO11. The number of anilines is 1. The average molecular weight is 734 g/mol. The second-order valence-electron chi connectivity index (χ2n) is 13.4. The zero-order valence-corrected chi connectivity index (χ0v) is 30.1. The van der Waals surface area contributed by atoms with Crippen molar-refractivity contribution in [2.75, 3.05) is 25.2 Å². The Morgan fingerprint density at radius 1 is 0.868 bits per heavy atom. The summed E-state index contributed by atoms with van der Waals surface area (Å²) < 4.78 is 40.8. The predicted octanol–water partition coefficient (Wildman–Crippen LogP) is 5.25. The van der Waals surface area contributed by atoms with Crippen LogP contribution in [0.5, 0.6) is 5.75 Å². The van der Waals surface area contributed by atoms with Crippen LogP contribution in [0.2, 0.25) is 0 Å². The number of rotatable bonds is 15. The molecule has 0 bridgehead atoms. The van der Waals surface area contributed by atoms with Gasteiger partial charge in [0.15, 0.2) is 6.10 Å². The SMILES string of the molecule is COc1ccc(N2C(=O)[C@H](CCCc3ccc(F)cc3)[C@H]2c2ccc(C[C@@H](C(=O)O)[C@H]3CO[C@H](COC(C)=O)[C@H](OC(C)=O)[C@@H]3OC(C)=O)cc2)cc1. The van der Waals surface area contributed by atoms with E-state index in [9.17, 15) is 33.5 Å². The maximum Gasteiger partial charge on any atom is 0.307 e. The van der Waals surface area contributed by atoms with Crippen molar-refractivity contribution in [1.29, 1.82) is 0 Å². The Balaban J connectivity index is 1.37. The summed E-state index contributed by atoms with van der Waals surface area (Å²) in [4.78, 5) is 64.0. The number of nitrogens with zero attached hydrogens (tertiary/aromatic N) is 1. The monoisotopic (exact) mass is 733 g/mol. The lowest BCUT2D eigenvalue weighted by Gasteiger charge is -2.48. The molecule has 2 heterocycles. The molecule has 0 unspecified atom stereocenters. The van der Waals surface area contributed by atoms with Gasteiger partial charge in [-0.25, -0.2) is 4.39 Å². The van der Waals surface area contributed by atoms with Crippen LogP contribution in [0, 0.1) is 23.6 Å². The molecule has 13 heteroatoms. The Morgan fingerprint density at radius 3 is 2.08 bits per heavy atom. The average Bonchev–Trinajstić information content (AvgIpc) is 3.12. The number of aryl methyl sites for hydroxylation is 1. The van der Waals surface area contributed by atoms with Crippen LogP contribution in [-0.2, 0) is 55.8 Å². The number of amides is 1. The van der Waals surface area contributed by atoms with Gasteiger partial charge in [-0.1, -0.05) is 36.4 Å². The minimum absolute atomic E-state index is 0.0163. The Labute approximate surface area is 307 Å². The Kier molecular flexibility index (Phi) is 12.8. The molecule has 5 rings (SSSR count). The third-order valence-corrected chi connectivity index (χ3v) is 9.74. The van der Waals surface area contributed by atoms with Gasteiger partial charge in [-0.15, -0.1) is 0 Å². The molecule has 2 aliphatic heterocycles. The van der Waals surface area contributed by atoms with Crippen molar-refractivity contribution in [3.05, 3.63) is 95.3 Å². The first-order valence-electron chi connectivity index (χ1n) is 17.5. The molecule has 0 radical (unpaired) electrons. The van der Waals surface area contributed by atoms with E-state index >= 15 is 0 Å². The Morgan fingerprint density at radius 2 is 1.49 bits per heavy atom. The topological polar surface area (TPSA) is 155 Å². The number of methoxy groups -OCH3 is 1. The number of carbonyl (C=O) groups is 5. The van der Waals surface area contributed by atoms with Gasteiger partial charge >= 0.3 is 23.9 Å². The number of hydrogen-bond acceptors (Lipinski definition) is 10. The standard InChI is InChI=1S/C40H44FNO11/c1-23(43)50-22-35-38(53-25(3)45)37(52-24(2)44)34(21-51-35)33(40(47)48)20-27-8-12-28(13-9-27)36-32(7-5-6-26-10-14-29(41)15-11-26)39(46)42(36)30-16-18-31(49-4)19-17-30/h8-19,32-38H,5-7,20-22H2,1-4H3,(H,47,48)/t32-,33-,34-,35-,36-,37-,38+/m1/s1. The summed E-state index contributed by atoms with van der Waals surface area (Å²) in [6, 6.07) is 20.7. The lowest BCUT2D eigenvalue weighted by Crippen LogP contribution is -2.58. The van der Waals surface area contributed by atoms with Crippen molar-refractivity contribution in [3.63, 3.8) is 0 Å². The van der Waals surface area contributed by atoms with Crippen molar-refractivity contribution >= 4 is 35.5 Å². The highest BCUT2D eigenvalue weighted by atomic mass is 19.1. The van der Waals surface area contributed by atoms with Gasteiger partial charge in [0.2, 0.25) is 5.91 Å². The fourth-order valence-electron chi connectivity index (χ4n) is 7.19. The maximum atomic E-state index is 13.6. The highest BCUT2D eigenvalue weighted by molar-refractivity contribution is 6.03. The summed E-state index contributed by atoms with van der Waals surface area (Å²) in [5.74, 6) is -5.20. The number of aliphatic carboxylic acids is 1. The van der Waals surface area contributed by atoms with Crippen LogP contribution in [0.3, 0.4) is 0 Å². The van der Waals surface area contributed by atoms with Crippen LogP contribution in [0.15, 0.2) is 72.8 Å². The summed E-state index contributed by atoms with van der Waals surface area (Å²) in [5.41, 5.74) is 3.24. The van der Waals surface area contributed by atoms with Gasteiger partial charge in [-0.05, 0) is 78.8 Å². The molecule has 53 heavy (non-hydrogen) atoms. The summed E-state index contributed by atoms with van der Waals surface area (Å²) in [7, 11) is 1.57. The summed E-state index contributed by atoms with van der Waals surface area (Å²) in [6.45, 7) is 3.08. The van der Waals surface area contributed by atoms with Gasteiger partial charge < -0.3 is 33.7 Å². The summed E-state index contributed by atoms with van der Waals surface area (Å²) >= 11 is 0. The lowest BCUT2D eigenvalue weighted by molar-refractivity contribution is -0.220. The number of hydrogen-bond donors (Lipinski definition) is 1. The molecule has 7 atom stereocenters. The zero-order chi connectivity index (χ0) is 38.2. The molecule has 2 saturated heterocycles. The van der Waals surface area contributed by atoms with Crippen LogP contribution in [0.4, 0.5) is 10.1 Å². The number of carbonyl (C=O) groups excluding carboxylic acids is 4. The normalized spacial score (nSPS) is 23.0. The molecule has 2 fully saturated rings. The van der Waals surface area contributed by atoms with Crippen LogP contribution >= 0.6 is 0 Å². The Bertz CT molecular complexity index is 1760. The summed E-state index contributed by atoms with van der Waals surface area (Å²) in [5, 5.41) is 10.4. The Hall–Kier alpha value is -5.30. The molecule has 1 amide bonds. The van der Waals surface area contributed by atoms with Crippen LogP contribution in [0.1, 0.15) is 56.3 Å². The van der Waals surface area contributed by atoms with Crippen LogP contribution in [0.25, 0.3) is 0 Å². The fraction of sp³-hybridized carbons (Fsp3) is 0.425. The van der Waals surface area contributed by atoms with E-state index in [1.807, 2.05) is 36.4 Å².